The molecule has 0 spiro atoms. The summed E-state index contributed by atoms with van der Waals surface area (Å²) in [5, 5.41) is 0. The molecule has 0 amide bonds. The van der Waals surface area contributed by atoms with Gasteiger partial charge >= 0.3 is 0 Å². The molecule has 2 aromatic carbocycles. The number of rotatable bonds is 10. The summed E-state index contributed by atoms with van der Waals surface area (Å²) in [4.78, 5) is 0. The van der Waals surface area contributed by atoms with E-state index < -0.39 is 14.7 Å². The Morgan fingerprint density at radius 2 is 0.974 bits per heavy atom. The highest BCUT2D eigenvalue weighted by Gasteiger charge is 2.16. The lowest BCUT2D eigenvalue weighted by Gasteiger charge is -2.20. The summed E-state index contributed by atoms with van der Waals surface area (Å²) in [5.41, 5.74) is 6.79. The van der Waals surface area contributed by atoms with Crippen LogP contribution in [-0.2, 0) is 18.2 Å². The zero-order chi connectivity index (χ0) is 30.6. The van der Waals surface area contributed by atoms with E-state index in [0.717, 1.165) is 16.9 Å². The molecule has 0 heterocycles. The van der Waals surface area contributed by atoms with Gasteiger partial charge in [-0.1, -0.05) is 103 Å². The zero-order valence-corrected chi connectivity index (χ0v) is 29.0. The SMILES string of the molecule is CC(C)c1cccc(C(C)C)c1OCOP(C)(C)=O.CP(C)(=O)OCCl.Cc1c(C(C)C)cccc1C(C)C. The van der Waals surface area contributed by atoms with Gasteiger partial charge in [0.15, 0.2) is 21.5 Å². The van der Waals surface area contributed by atoms with E-state index in [0.29, 0.717) is 23.7 Å². The largest absolute Gasteiger partial charge is 0.467 e. The van der Waals surface area contributed by atoms with Crippen molar-refractivity contribution in [3.05, 3.63) is 64.2 Å². The predicted octanol–water partition coefficient (Wildman–Crippen LogP) is 10.8. The molecule has 2 rings (SSSR count). The van der Waals surface area contributed by atoms with Gasteiger partial charge in [0.05, 0.1) is 0 Å². The van der Waals surface area contributed by atoms with Crippen LogP contribution in [-0.4, -0.2) is 39.5 Å². The monoisotopic (exact) mass is 602 g/mol. The Bertz CT molecular complexity index is 1030. The van der Waals surface area contributed by atoms with Gasteiger partial charge in [-0.05, 0) is 58.4 Å². The average molecular weight is 603 g/mol. The van der Waals surface area contributed by atoms with Gasteiger partial charge < -0.3 is 9.26 Å². The van der Waals surface area contributed by atoms with Crippen LogP contribution in [0.5, 0.6) is 5.75 Å². The van der Waals surface area contributed by atoms with Gasteiger partial charge in [-0.3, -0.25) is 13.7 Å². The maximum absolute atomic E-state index is 11.5. The normalized spacial score (nSPS) is 11.8. The molecule has 0 fully saturated rings. The van der Waals surface area contributed by atoms with Crippen molar-refractivity contribution in [1.82, 2.24) is 0 Å². The number of halogens is 1. The van der Waals surface area contributed by atoms with Crippen LogP contribution in [0.2, 0.25) is 0 Å². The Balaban J connectivity index is 0.000000622. The molecular formula is C31H53ClO5P2. The van der Waals surface area contributed by atoms with Crippen molar-refractivity contribution in [2.24, 2.45) is 0 Å². The van der Waals surface area contributed by atoms with Gasteiger partial charge in [0.1, 0.15) is 11.8 Å². The molecule has 224 valence electrons. The smallest absolute Gasteiger partial charge is 0.200 e. The summed E-state index contributed by atoms with van der Waals surface area (Å²) < 4.78 is 37.6. The maximum Gasteiger partial charge on any atom is 0.200 e. The summed E-state index contributed by atoms with van der Waals surface area (Å²) in [7, 11) is -4.80. The first kappa shape index (κ1) is 37.9. The Hall–Kier alpha value is -1.09. The van der Waals surface area contributed by atoms with Crippen LogP contribution < -0.4 is 4.74 Å². The van der Waals surface area contributed by atoms with E-state index in [1.54, 1.807) is 13.3 Å². The highest BCUT2D eigenvalue weighted by molar-refractivity contribution is 7.57. The predicted molar refractivity (Wildman–Crippen MR) is 171 cm³/mol. The summed E-state index contributed by atoms with van der Waals surface area (Å²) in [6.45, 7) is 26.1. The molecule has 0 aliphatic carbocycles. The third kappa shape index (κ3) is 15.5. The Morgan fingerprint density at radius 3 is 1.23 bits per heavy atom. The van der Waals surface area contributed by atoms with E-state index in [9.17, 15) is 9.13 Å². The van der Waals surface area contributed by atoms with Crippen molar-refractivity contribution >= 4 is 26.3 Å². The van der Waals surface area contributed by atoms with Crippen molar-refractivity contribution in [3.8, 4) is 5.75 Å². The second-order valence-electron chi connectivity index (χ2n) is 11.6. The minimum absolute atomic E-state index is 0.0181. The number of alkyl halides is 1. The fourth-order valence-corrected chi connectivity index (χ4v) is 5.15. The lowest BCUT2D eigenvalue weighted by molar-refractivity contribution is 0.122. The summed E-state index contributed by atoms with van der Waals surface area (Å²) >= 11 is 5.09. The van der Waals surface area contributed by atoms with Gasteiger partial charge in [-0.25, -0.2) is 0 Å². The van der Waals surface area contributed by atoms with E-state index in [-0.39, 0.29) is 12.9 Å². The molecule has 5 nitrogen and oxygen atoms in total. The van der Waals surface area contributed by atoms with Gasteiger partial charge in [-0.15, -0.1) is 0 Å². The van der Waals surface area contributed by atoms with E-state index in [1.165, 1.54) is 30.0 Å². The van der Waals surface area contributed by atoms with Crippen LogP contribution in [0.3, 0.4) is 0 Å². The third-order valence-corrected chi connectivity index (χ3v) is 7.65. The molecule has 0 aliphatic rings. The van der Waals surface area contributed by atoms with Crippen LogP contribution in [0.15, 0.2) is 36.4 Å². The average Bonchev–Trinajstić information content (AvgIpc) is 2.77. The Kier molecular flexibility index (Phi) is 17.2. The van der Waals surface area contributed by atoms with Gasteiger partial charge in [0, 0.05) is 26.7 Å². The molecule has 0 aromatic heterocycles. The molecular weight excluding hydrogens is 550 g/mol. The van der Waals surface area contributed by atoms with E-state index >= 15 is 0 Å². The molecule has 2 aromatic rings. The first-order valence-corrected chi connectivity index (χ1v) is 19.2. The van der Waals surface area contributed by atoms with Crippen LogP contribution in [0, 0.1) is 6.92 Å². The van der Waals surface area contributed by atoms with E-state index in [2.05, 4.69) is 103 Å². The van der Waals surface area contributed by atoms with Crippen LogP contribution in [0.4, 0.5) is 0 Å². The topological polar surface area (TPSA) is 61.8 Å². The molecule has 8 heteroatoms. The number of benzene rings is 2. The summed E-state index contributed by atoms with van der Waals surface area (Å²) in [6, 6.07) is 12.9. The van der Waals surface area contributed by atoms with Gasteiger partial charge in [0.25, 0.3) is 0 Å². The molecule has 0 saturated carbocycles. The molecule has 0 atom stereocenters. The number of hydrogen-bond donors (Lipinski definition) is 0. The molecule has 0 bridgehead atoms. The van der Waals surface area contributed by atoms with Gasteiger partial charge in [0.2, 0.25) is 0 Å². The van der Waals surface area contributed by atoms with Crippen LogP contribution in [0.25, 0.3) is 0 Å². The minimum atomic E-state index is -2.51. The van der Waals surface area contributed by atoms with Crippen molar-refractivity contribution in [2.45, 2.75) is 86.0 Å². The fraction of sp³-hybridized carbons (Fsp3) is 0.613. The van der Waals surface area contributed by atoms with Crippen molar-refractivity contribution in [1.29, 1.82) is 0 Å². The van der Waals surface area contributed by atoms with E-state index in [1.807, 2.05) is 0 Å². The highest BCUT2D eigenvalue weighted by atomic mass is 35.5. The molecule has 0 saturated heterocycles. The second kappa shape index (κ2) is 17.7. The Morgan fingerprint density at radius 1 is 0.641 bits per heavy atom. The maximum atomic E-state index is 11.5. The van der Waals surface area contributed by atoms with Crippen LogP contribution in [0.1, 0.15) is 107 Å². The first-order valence-electron chi connectivity index (χ1n) is 13.6. The van der Waals surface area contributed by atoms with Gasteiger partial charge in [-0.2, -0.15) is 0 Å². The van der Waals surface area contributed by atoms with Crippen molar-refractivity contribution < 1.29 is 22.9 Å². The van der Waals surface area contributed by atoms with Crippen molar-refractivity contribution in [2.75, 3.05) is 39.5 Å². The third-order valence-electron chi connectivity index (χ3n) is 5.91. The van der Waals surface area contributed by atoms with Crippen molar-refractivity contribution in [3.63, 3.8) is 0 Å². The number of hydrogen-bond acceptors (Lipinski definition) is 5. The number of para-hydroxylation sites is 1. The summed E-state index contributed by atoms with van der Waals surface area (Å²) in [6.07, 6.45) is 0. The van der Waals surface area contributed by atoms with E-state index in [4.69, 9.17) is 20.9 Å². The first-order chi connectivity index (χ1) is 17.8. The fourth-order valence-electron chi connectivity index (χ4n) is 3.90. The van der Waals surface area contributed by atoms with Crippen LogP contribution >= 0.6 is 26.3 Å². The zero-order valence-electron chi connectivity index (χ0n) is 26.5. The number of ether oxygens (including phenoxy) is 1. The lowest BCUT2D eigenvalue weighted by Crippen LogP contribution is -2.07. The highest BCUT2D eigenvalue weighted by Crippen LogP contribution is 2.39. The summed E-state index contributed by atoms with van der Waals surface area (Å²) in [5.74, 6) is 2.91. The quantitative estimate of drug-likeness (QED) is 0.154. The molecule has 0 aliphatic heterocycles. The molecule has 39 heavy (non-hydrogen) atoms. The minimum Gasteiger partial charge on any atom is -0.467 e. The molecule has 0 N–H and O–H groups in total. The second-order valence-corrected chi connectivity index (χ2v) is 17.3. The standard InChI is InChI=1S/C15H25O3P.C13H20.C3H8ClO2P/c1-11(2)13-8-7-9-14(12(3)4)15(13)17-10-18-19(5,6)16;1-9(2)12-7-6-8-13(10(3)4)11(12)5;1-7(2,5)6-3-4/h7-9,11-12H,10H2,1-6H3;6-10H,1-5H3;3H2,1-2H3. The molecule has 0 unspecified atom stereocenters. The Labute approximate surface area is 244 Å². The lowest BCUT2D eigenvalue weighted by atomic mass is 9.90. The molecule has 0 radical (unpaired) electrons.